The Labute approximate surface area is 124 Å². The maximum atomic E-state index is 11.5. The Morgan fingerprint density at radius 3 is 2.81 bits per heavy atom. The first-order valence-electron chi connectivity index (χ1n) is 7.76. The van der Waals surface area contributed by atoms with Crippen LogP contribution in [0.3, 0.4) is 0 Å². The zero-order valence-corrected chi connectivity index (χ0v) is 12.9. The number of rotatable bonds is 4. The van der Waals surface area contributed by atoms with E-state index in [9.17, 15) is 10.1 Å². The van der Waals surface area contributed by atoms with Gasteiger partial charge in [0.1, 0.15) is 5.69 Å². The fourth-order valence-corrected chi connectivity index (χ4v) is 4.09. The summed E-state index contributed by atoms with van der Waals surface area (Å²) in [6.45, 7) is 7.01. The zero-order valence-electron chi connectivity index (χ0n) is 12.9. The van der Waals surface area contributed by atoms with Crippen molar-refractivity contribution < 1.29 is 4.92 Å². The zero-order chi connectivity index (χ0) is 15.1. The van der Waals surface area contributed by atoms with Crippen molar-refractivity contribution in [3.8, 4) is 0 Å². The van der Waals surface area contributed by atoms with Gasteiger partial charge in [0.2, 0.25) is 5.82 Å². The van der Waals surface area contributed by atoms with Gasteiger partial charge in [-0.05, 0) is 24.7 Å². The number of nitrogens with zero attached hydrogens (tertiary/aromatic N) is 4. The molecule has 0 amide bonds. The number of fused-ring (bicyclic) bond motifs is 1. The second kappa shape index (κ2) is 5.29. The van der Waals surface area contributed by atoms with Gasteiger partial charge >= 0.3 is 5.69 Å². The number of anilines is 1. The van der Waals surface area contributed by atoms with Gasteiger partial charge in [-0.15, -0.1) is 0 Å². The summed E-state index contributed by atoms with van der Waals surface area (Å²) in [6.07, 6.45) is 1.59. The van der Waals surface area contributed by atoms with Crippen LogP contribution in [0.1, 0.15) is 26.0 Å². The average Bonchev–Trinajstić information content (AvgIpc) is 3.09. The summed E-state index contributed by atoms with van der Waals surface area (Å²) in [4.78, 5) is 13.5. The van der Waals surface area contributed by atoms with Crippen LogP contribution in [0.15, 0.2) is 0 Å². The van der Waals surface area contributed by atoms with E-state index in [0.29, 0.717) is 35.8 Å². The number of hydrogen-bond acceptors (Lipinski definition) is 5. The third-order valence-electron chi connectivity index (χ3n) is 4.99. The molecule has 3 rings (SSSR count). The molecule has 0 aromatic carbocycles. The summed E-state index contributed by atoms with van der Waals surface area (Å²) in [5.41, 5.74) is 0.786. The molecule has 0 radical (unpaired) electrons. The normalized spacial score (nSPS) is 28.1. The molecule has 0 saturated carbocycles. The Morgan fingerprint density at radius 1 is 1.43 bits per heavy atom. The average molecular weight is 293 g/mol. The third kappa shape index (κ3) is 2.10. The number of hydrogen-bond donors (Lipinski definition) is 1. The van der Waals surface area contributed by atoms with Crippen LogP contribution >= 0.6 is 0 Å². The Balaban J connectivity index is 2.04. The highest BCUT2D eigenvalue weighted by molar-refractivity contribution is 5.63. The maximum Gasteiger partial charge on any atom is 0.334 e. The minimum Gasteiger partial charge on any atom is -0.347 e. The molecule has 2 fully saturated rings. The fourth-order valence-electron chi connectivity index (χ4n) is 4.09. The molecule has 2 aliphatic heterocycles. The number of aryl methyl sites for hydroxylation is 2. The Morgan fingerprint density at radius 2 is 2.19 bits per heavy atom. The summed E-state index contributed by atoms with van der Waals surface area (Å²) in [6, 6.07) is 0.365. The van der Waals surface area contributed by atoms with Gasteiger partial charge < -0.3 is 10.2 Å². The molecular weight excluding hydrogens is 270 g/mol. The molecule has 1 aromatic rings. The van der Waals surface area contributed by atoms with Crippen LogP contribution < -0.4 is 10.2 Å². The summed E-state index contributed by atoms with van der Waals surface area (Å²) < 4.78 is 1.70. The summed E-state index contributed by atoms with van der Waals surface area (Å²) in [5, 5.41) is 19.3. The molecule has 0 spiro atoms. The Kier molecular flexibility index (Phi) is 3.61. The third-order valence-corrected chi connectivity index (χ3v) is 4.99. The van der Waals surface area contributed by atoms with Crippen LogP contribution in [0.2, 0.25) is 0 Å². The van der Waals surface area contributed by atoms with Gasteiger partial charge in [0.05, 0.1) is 4.92 Å². The fraction of sp³-hybridized carbons (Fsp3) is 0.786. The van der Waals surface area contributed by atoms with Crippen molar-refractivity contribution in [3.63, 3.8) is 0 Å². The van der Waals surface area contributed by atoms with Gasteiger partial charge in [0.15, 0.2) is 0 Å². The van der Waals surface area contributed by atoms with Gasteiger partial charge in [-0.25, -0.2) is 4.68 Å². The SMILES string of the molecule is CCc1nn(C)c(N2CC3CNCC3C2CC)c1[N+](=O)[O-]. The minimum absolute atomic E-state index is 0.200. The van der Waals surface area contributed by atoms with Crippen LogP contribution in [-0.4, -0.2) is 40.4 Å². The lowest BCUT2D eigenvalue weighted by molar-refractivity contribution is -0.384. The van der Waals surface area contributed by atoms with Gasteiger partial charge in [0.25, 0.3) is 0 Å². The lowest BCUT2D eigenvalue weighted by Gasteiger charge is -2.27. The molecule has 3 heterocycles. The highest BCUT2D eigenvalue weighted by Gasteiger charge is 2.46. The second-order valence-corrected chi connectivity index (χ2v) is 6.06. The Hall–Kier alpha value is -1.63. The van der Waals surface area contributed by atoms with Crippen LogP contribution in [0.4, 0.5) is 11.5 Å². The van der Waals surface area contributed by atoms with Gasteiger partial charge in [0, 0.05) is 32.7 Å². The van der Waals surface area contributed by atoms with E-state index in [-0.39, 0.29) is 10.6 Å². The van der Waals surface area contributed by atoms with Crippen molar-refractivity contribution in [2.45, 2.75) is 32.7 Å². The lowest BCUT2D eigenvalue weighted by atomic mass is 9.93. The summed E-state index contributed by atoms with van der Waals surface area (Å²) in [7, 11) is 1.82. The smallest absolute Gasteiger partial charge is 0.334 e. The van der Waals surface area contributed by atoms with E-state index in [0.717, 1.165) is 26.1 Å². The molecule has 1 aromatic heterocycles. The molecule has 1 N–H and O–H groups in total. The van der Waals surface area contributed by atoms with Crippen LogP contribution in [0, 0.1) is 22.0 Å². The first-order valence-corrected chi connectivity index (χ1v) is 7.76. The molecule has 0 aliphatic carbocycles. The number of nitro groups is 1. The van der Waals surface area contributed by atoms with Crippen molar-refractivity contribution in [1.29, 1.82) is 0 Å². The standard InChI is InChI=1S/C14H23N5O2/c1-4-11-13(19(20)21)14(17(3)16-11)18-8-9-6-15-7-10(9)12(18)5-2/h9-10,12,15H,4-8H2,1-3H3. The van der Waals surface area contributed by atoms with Crippen LogP contribution in [0.5, 0.6) is 0 Å². The second-order valence-electron chi connectivity index (χ2n) is 6.06. The molecular formula is C14H23N5O2. The monoisotopic (exact) mass is 293 g/mol. The molecule has 7 heteroatoms. The van der Waals surface area contributed by atoms with E-state index in [1.165, 1.54) is 0 Å². The molecule has 2 saturated heterocycles. The first kappa shape index (κ1) is 14.3. The van der Waals surface area contributed by atoms with Crippen LogP contribution in [-0.2, 0) is 13.5 Å². The maximum absolute atomic E-state index is 11.5. The summed E-state index contributed by atoms with van der Waals surface area (Å²) in [5.74, 6) is 1.88. The molecule has 2 aliphatic rings. The van der Waals surface area contributed by atoms with E-state index >= 15 is 0 Å². The summed E-state index contributed by atoms with van der Waals surface area (Å²) >= 11 is 0. The first-order chi connectivity index (χ1) is 10.1. The minimum atomic E-state index is -0.264. The van der Waals surface area contributed by atoms with Crippen molar-refractivity contribution in [3.05, 3.63) is 15.8 Å². The Bertz CT molecular complexity index is 556. The predicted octanol–water partition coefficient (Wildman–Crippen LogP) is 1.32. The topological polar surface area (TPSA) is 76.2 Å². The van der Waals surface area contributed by atoms with Gasteiger partial charge in [-0.1, -0.05) is 13.8 Å². The van der Waals surface area contributed by atoms with Crippen LogP contribution in [0.25, 0.3) is 0 Å². The number of nitrogens with one attached hydrogen (secondary N) is 1. The van der Waals surface area contributed by atoms with Crippen molar-refractivity contribution in [1.82, 2.24) is 15.1 Å². The van der Waals surface area contributed by atoms with Gasteiger partial charge in [-0.2, -0.15) is 5.10 Å². The van der Waals surface area contributed by atoms with Gasteiger partial charge in [-0.3, -0.25) is 10.1 Å². The molecule has 7 nitrogen and oxygen atoms in total. The van der Waals surface area contributed by atoms with E-state index in [1.807, 2.05) is 14.0 Å². The van der Waals surface area contributed by atoms with E-state index in [2.05, 4.69) is 22.2 Å². The molecule has 3 atom stereocenters. The molecule has 21 heavy (non-hydrogen) atoms. The molecule has 3 unspecified atom stereocenters. The van der Waals surface area contributed by atoms with Crippen molar-refractivity contribution in [2.24, 2.45) is 18.9 Å². The lowest BCUT2D eigenvalue weighted by Crippen LogP contribution is -2.36. The highest BCUT2D eigenvalue weighted by atomic mass is 16.6. The quantitative estimate of drug-likeness (QED) is 0.669. The van der Waals surface area contributed by atoms with E-state index in [4.69, 9.17) is 0 Å². The van der Waals surface area contributed by atoms with Crippen molar-refractivity contribution >= 4 is 11.5 Å². The molecule has 116 valence electrons. The number of aromatic nitrogens is 2. The molecule has 0 bridgehead atoms. The highest BCUT2D eigenvalue weighted by Crippen LogP contribution is 2.41. The van der Waals surface area contributed by atoms with E-state index < -0.39 is 0 Å². The largest absolute Gasteiger partial charge is 0.347 e. The van der Waals surface area contributed by atoms with E-state index in [1.54, 1.807) is 4.68 Å². The van der Waals surface area contributed by atoms with Crippen molar-refractivity contribution in [2.75, 3.05) is 24.5 Å². The predicted molar refractivity (Wildman–Crippen MR) is 80.5 cm³/mol.